The molecule has 0 aliphatic carbocycles. The van der Waals surface area contributed by atoms with Gasteiger partial charge in [-0.25, -0.2) is 0 Å². The SMILES string of the molecule is CCCCCCC/C=C\C/C=C\CCCCCCCCCCCCCCCCCCCCCCCCCC(=O)NC(COC1OC(CO)C(OC2OC(CO)C(O)C(O)C2O)C(O)C1O)C(O)CCCCCCCCCCCCCCCCCCCCCCCCCCCC. The molecule has 2 rings (SSSR count). The molecule has 14 nitrogen and oxygen atoms in total. The summed E-state index contributed by atoms with van der Waals surface area (Å²) in [7, 11) is 0. The van der Waals surface area contributed by atoms with E-state index in [0.29, 0.717) is 12.8 Å². The molecule has 0 aromatic heterocycles. The zero-order valence-corrected chi connectivity index (χ0v) is 61.7. The second kappa shape index (κ2) is 65.8. The molecule has 0 bridgehead atoms. The maximum Gasteiger partial charge on any atom is 0.220 e. The lowest BCUT2D eigenvalue weighted by atomic mass is 9.97. The summed E-state index contributed by atoms with van der Waals surface area (Å²) in [6, 6.07) is -0.828. The van der Waals surface area contributed by atoms with Gasteiger partial charge >= 0.3 is 0 Å². The Hall–Kier alpha value is -1.53. The smallest absolute Gasteiger partial charge is 0.220 e. The fourth-order valence-electron chi connectivity index (χ4n) is 13.9. The lowest BCUT2D eigenvalue weighted by Crippen LogP contribution is -2.65. The Morgan fingerprint density at radius 2 is 0.695 bits per heavy atom. The van der Waals surface area contributed by atoms with Crippen LogP contribution in [-0.4, -0.2) is 140 Å². The molecule has 9 N–H and O–H groups in total. The van der Waals surface area contributed by atoms with Crippen molar-refractivity contribution in [3.8, 4) is 0 Å². The average molecular weight is 1350 g/mol. The molecule has 2 heterocycles. The quantitative estimate of drug-likeness (QED) is 0.0204. The van der Waals surface area contributed by atoms with Crippen molar-refractivity contribution in [1.82, 2.24) is 5.32 Å². The Balaban J connectivity index is 1.58. The van der Waals surface area contributed by atoms with E-state index in [1.807, 2.05) is 0 Å². The predicted octanol–water partition coefficient (Wildman–Crippen LogP) is 18.6. The molecule has 2 saturated heterocycles. The van der Waals surface area contributed by atoms with E-state index in [1.54, 1.807) is 0 Å². The number of rotatable bonds is 70. The molecule has 0 radical (unpaired) electrons. The lowest BCUT2D eigenvalue weighted by molar-refractivity contribution is -0.359. The van der Waals surface area contributed by atoms with Crippen LogP contribution in [0.5, 0.6) is 0 Å². The van der Waals surface area contributed by atoms with E-state index in [1.165, 1.54) is 308 Å². The van der Waals surface area contributed by atoms with Crippen molar-refractivity contribution >= 4 is 5.91 Å². The predicted molar refractivity (Wildman–Crippen MR) is 392 cm³/mol. The molecule has 2 fully saturated rings. The van der Waals surface area contributed by atoms with Gasteiger partial charge in [-0.05, 0) is 44.9 Å². The lowest BCUT2D eigenvalue weighted by Gasteiger charge is -2.46. The molecule has 0 spiro atoms. The summed E-state index contributed by atoms with van der Waals surface area (Å²) >= 11 is 0. The van der Waals surface area contributed by atoms with Crippen LogP contribution >= 0.6 is 0 Å². The first-order chi connectivity index (χ1) is 46.6. The van der Waals surface area contributed by atoms with Gasteiger partial charge in [0.1, 0.15) is 48.8 Å². The van der Waals surface area contributed by atoms with Crippen LogP contribution in [0, 0.1) is 0 Å². The summed E-state index contributed by atoms with van der Waals surface area (Å²) in [6.45, 7) is 2.92. The van der Waals surface area contributed by atoms with E-state index in [0.717, 1.165) is 57.8 Å². The molecular formula is C81H155NO13. The summed E-state index contributed by atoms with van der Waals surface area (Å²) in [5.41, 5.74) is 0. The molecule has 95 heavy (non-hydrogen) atoms. The number of allylic oxidation sites excluding steroid dienone is 4. The fourth-order valence-corrected chi connectivity index (χ4v) is 13.9. The van der Waals surface area contributed by atoms with Crippen LogP contribution < -0.4 is 5.32 Å². The Morgan fingerprint density at radius 1 is 0.379 bits per heavy atom. The summed E-state index contributed by atoms with van der Waals surface area (Å²) in [4.78, 5) is 13.4. The van der Waals surface area contributed by atoms with E-state index < -0.39 is 86.8 Å². The van der Waals surface area contributed by atoms with Gasteiger partial charge in [0.15, 0.2) is 12.6 Å². The van der Waals surface area contributed by atoms with E-state index in [-0.39, 0.29) is 12.5 Å². The van der Waals surface area contributed by atoms with Crippen molar-refractivity contribution < 1.29 is 64.6 Å². The van der Waals surface area contributed by atoms with E-state index >= 15 is 0 Å². The summed E-state index contributed by atoms with van der Waals surface area (Å²) in [5, 5.41) is 87.9. The van der Waals surface area contributed by atoms with Gasteiger partial charge in [-0.3, -0.25) is 4.79 Å². The fraction of sp³-hybridized carbons (Fsp3) is 0.938. The number of hydrogen-bond donors (Lipinski definition) is 9. The standard InChI is InChI=1S/C81H155NO13/c1-3-5-7-9-11-13-15-17-19-21-23-25-27-29-31-32-33-34-35-36-37-38-39-41-43-45-47-49-51-53-55-57-59-61-63-65-73(86)82-69(68-92-80-78(91)76(89)79(72(67-84)94-80)95-81-77(90)75(88)74(87)71(66-83)93-81)70(85)64-62-60-58-56-54-52-50-48-46-44-42-40-30-28-26-24-22-20-18-16-14-12-10-8-6-4-2/h15,17,21,23,69-72,74-81,83-85,87-91H,3-14,16,18-20,22,24-68H2,1-2H3,(H,82,86)/b17-15-,23-21-. The molecule has 2 aliphatic heterocycles. The van der Waals surface area contributed by atoms with Crippen LogP contribution in [0.25, 0.3) is 0 Å². The Morgan fingerprint density at radius 3 is 1.05 bits per heavy atom. The van der Waals surface area contributed by atoms with Gasteiger partial charge in [-0.2, -0.15) is 0 Å². The minimum atomic E-state index is -1.78. The number of carbonyl (C=O) groups is 1. The van der Waals surface area contributed by atoms with Gasteiger partial charge in [0, 0.05) is 6.42 Å². The van der Waals surface area contributed by atoms with Crippen molar-refractivity contribution in [2.24, 2.45) is 0 Å². The van der Waals surface area contributed by atoms with Crippen LogP contribution in [0.15, 0.2) is 24.3 Å². The average Bonchev–Trinajstić information content (AvgIpc) is 0.800. The van der Waals surface area contributed by atoms with Gasteiger partial charge in [0.05, 0.1) is 32.0 Å². The molecule has 2 aliphatic rings. The largest absolute Gasteiger partial charge is 0.394 e. The van der Waals surface area contributed by atoms with Crippen molar-refractivity contribution in [2.75, 3.05) is 19.8 Å². The molecule has 0 saturated carbocycles. The van der Waals surface area contributed by atoms with Crippen LogP contribution in [0.3, 0.4) is 0 Å². The molecule has 0 aromatic carbocycles. The normalized spacial score (nSPS) is 22.4. The van der Waals surface area contributed by atoms with Crippen LogP contribution in [-0.2, 0) is 23.7 Å². The zero-order chi connectivity index (χ0) is 68.7. The van der Waals surface area contributed by atoms with E-state index in [2.05, 4.69) is 43.5 Å². The molecule has 0 aromatic rings. The van der Waals surface area contributed by atoms with Crippen molar-refractivity contribution in [3.05, 3.63) is 24.3 Å². The second-order valence-electron chi connectivity index (χ2n) is 29.3. The summed E-state index contributed by atoms with van der Waals surface area (Å²) in [5.74, 6) is -0.197. The highest BCUT2D eigenvalue weighted by molar-refractivity contribution is 5.76. The zero-order valence-electron chi connectivity index (χ0n) is 61.7. The third-order valence-electron chi connectivity index (χ3n) is 20.4. The van der Waals surface area contributed by atoms with Gasteiger partial charge in [0.25, 0.3) is 0 Å². The van der Waals surface area contributed by atoms with Crippen molar-refractivity contribution in [1.29, 1.82) is 0 Å². The van der Waals surface area contributed by atoms with E-state index in [4.69, 9.17) is 18.9 Å². The van der Waals surface area contributed by atoms with Crippen molar-refractivity contribution in [2.45, 2.75) is 466 Å². The highest BCUT2D eigenvalue weighted by Crippen LogP contribution is 2.31. The number of unbranched alkanes of at least 4 members (excludes halogenated alkanes) is 53. The maximum atomic E-state index is 13.4. The van der Waals surface area contributed by atoms with Crippen LogP contribution in [0.1, 0.15) is 393 Å². The first-order valence-electron chi connectivity index (χ1n) is 41.1. The molecule has 14 heteroatoms. The van der Waals surface area contributed by atoms with Gasteiger partial charge in [-0.1, -0.05) is 366 Å². The highest BCUT2D eigenvalue weighted by Gasteiger charge is 2.51. The number of aliphatic hydroxyl groups is 8. The van der Waals surface area contributed by atoms with Crippen molar-refractivity contribution in [3.63, 3.8) is 0 Å². The number of hydrogen-bond acceptors (Lipinski definition) is 13. The van der Waals surface area contributed by atoms with Crippen LogP contribution in [0.2, 0.25) is 0 Å². The third-order valence-corrected chi connectivity index (χ3v) is 20.4. The van der Waals surface area contributed by atoms with Gasteiger partial charge < -0.3 is 65.1 Å². The summed E-state index contributed by atoms with van der Waals surface area (Å²) in [6.07, 6.45) is 68.0. The summed E-state index contributed by atoms with van der Waals surface area (Å²) < 4.78 is 23.0. The van der Waals surface area contributed by atoms with Crippen LogP contribution in [0.4, 0.5) is 0 Å². The first kappa shape index (κ1) is 89.6. The number of amides is 1. The minimum absolute atomic E-state index is 0.197. The number of nitrogens with one attached hydrogen (secondary N) is 1. The number of aliphatic hydroxyl groups excluding tert-OH is 8. The molecule has 1 amide bonds. The molecule has 12 atom stereocenters. The Labute approximate surface area is 583 Å². The molecule has 12 unspecified atom stereocenters. The molecular weight excluding hydrogens is 1190 g/mol. The number of carbonyl (C=O) groups excluding carboxylic acids is 1. The van der Waals surface area contributed by atoms with Gasteiger partial charge in [0.2, 0.25) is 5.91 Å². The highest BCUT2D eigenvalue weighted by atomic mass is 16.7. The third kappa shape index (κ3) is 48.9. The van der Waals surface area contributed by atoms with Gasteiger partial charge in [-0.15, -0.1) is 0 Å². The first-order valence-corrected chi connectivity index (χ1v) is 41.1. The van der Waals surface area contributed by atoms with E-state index in [9.17, 15) is 45.6 Å². The molecule has 562 valence electrons. The Bertz CT molecular complexity index is 1690. The maximum absolute atomic E-state index is 13.4. The minimum Gasteiger partial charge on any atom is -0.394 e. The number of ether oxygens (including phenoxy) is 4. The monoisotopic (exact) mass is 1350 g/mol. The second-order valence-corrected chi connectivity index (χ2v) is 29.3. The Kier molecular flexibility index (Phi) is 62.0. The topological polar surface area (TPSA) is 228 Å².